The van der Waals surface area contributed by atoms with E-state index in [0.29, 0.717) is 13.2 Å². The first-order valence-corrected chi connectivity index (χ1v) is 12.4. The van der Waals surface area contributed by atoms with Crippen LogP contribution in [-0.4, -0.2) is 44.0 Å². The van der Waals surface area contributed by atoms with E-state index < -0.39 is 0 Å². The molecule has 0 bridgehead atoms. The van der Waals surface area contributed by atoms with Crippen LogP contribution in [0.25, 0.3) is 11.1 Å². The highest BCUT2D eigenvalue weighted by molar-refractivity contribution is 5.97. The van der Waals surface area contributed by atoms with Crippen molar-refractivity contribution in [3.63, 3.8) is 0 Å². The maximum absolute atomic E-state index is 13.7. The molecule has 0 amide bonds. The SMILES string of the molecule is CC1=C(c2ccc(F)cc2)C(c2ccc(OCCN3CC(CF)C3)cc2)Oc2cc3c(cc21)CN=C3. The molecule has 1 atom stereocenters. The van der Waals surface area contributed by atoms with E-state index in [2.05, 4.69) is 28.9 Å². The number of fused-ring (bicyclic) bond motifs is 2. The van der Waals surface area contributed by atoms with Crippen molar-refractivity contribution in [2.75, 3.05) is 32.9 Å². The standard InChI is InChI=1S/C30H28F2N2O2/c1-19-27-12-23-15-33-16-24(23)13-28(27)36-30(29(19)21-2-6-25(32)7-3-21)22-4-8-26(9-5-22)35-11-10-34-17-20(14-31)18-34/h2-9,12-13,16,20,30H,10-11,14-15,17-18H2,1H3. The van der Waals surface area contributed by atoms with Gasteiger partial charge in [0.15, 0.2) is 0 Å². The fourth-order valence-corrected chi connectivity index (χ4v) is 5.28. The summed E-state index contributed by atoms with van der Waals surface area (Å²) in [6.45, 7) is 5.54. The Morgan fingerprint density at radius 1 is 1.06 bits per heavy atom. The average molecular weight is 487 g/mol. The summed E-state index contributed by atoms with van der Waals surface area (Å²) >= 11 is 0. The number of likely N-dealkylation sites (tertiary alicyclic amines) is 1. The van der Waals surface area contributed by atoms with E-state index in [1.807, 2.05) is 42.6 Å². The van der Waals surface area contributed by atoms with Crippen LogP contribution in [0.1, 0.15) is 40.8 Å². The quantitative estimate of drug-likeness (QED) is 0.405. The lowest BCUT2D eigenvalue weighted by Crippen LogP contribution is -2.49. The van der Waals surface area contributed by atoms with E-state index in [1.54, 1.807) is 0 Å². The Kier molecular flexibility index (Phi) is 6.05. The molecule has 3 aliphatic rings. The Bertz CT molecular complexity index is 1330. The lowest BCUT2D eigenvalue weighted by atomic mass is 9.85. The van der Waals surface area contributed by atoms with E-state index in [-0.39, 0.29) is 24.5 Å². The van der Waals surface area contributed by atoms with Gasteiger partial charge in [0.2, 0.25) is 0 Å². The third-order valence-electron chi connectivity index (χ3n) is 7.31. The molecule has 1 saturated heterocycles. The molecule has 0 aliphatic carbocycles. The number of aliphatic imine (C=N–C) groups is 1. The number of rotatable bonds is 7. The molecule has 3 aromatic rings. The Hall–Kier alpha value is -3.51. The summed E-state index contributed by atoms with van der Waals surface area (Å²) in [5.74, 6) is 1.54. The number of nitrogens with zero attached hydrogens (tertiary/aromatic N) is 2. The number of allylic oxidation sites excluding steroid dienone is 1. The fraction of sp³-hybridized carbons (Fsp3) is 0.300. The van der Waals surface area contributed by atoms with Crippen LogP contribution >= 0.6 is 0 Å². The van der Waals surface area contributed by atoms with Crippen molar-refractivity contribution in [1.82, 2.24) is 4.90 Å². The Morgan fingerprint density at radius 2 is 1.83 bits per heavy atom. The second-order valence-corrected chi connectivity index (χ2v) is 9.76. The van der Waals surface area contributed by atoms with E-state index in [0.717, 1.165) is 64.5 Å². The molecule has 0 radical (unpaired) electrons. The zero-order chi connectivity index (χ0) is 24.6. The Morgan fingerprint density at radius 3 is 2.58 bits per heavy atom. The zero-order valence-electron chi connectivity index (χ0n) is 20.2. The number of alkyl halides is 1. The molecule has 0 N–H and O–H groups in total. The molecule has 6 rings (SSSR count). The third kappa shape index (κ3) is 4.30. The van der Waals surface area contributed by atoms with Gasteiger partial charge in [0.25, 0.3) is 0 Å². The highest BCUT2D eigenvalue weighted by atomic mass is 19.1. The third-order valence-corrected chi connectivity index (χ3v) is 7.31. The maximum Gasteiger partial charge on any atom is 0.150 e. The lowest BCUT2D eigenvalue weighted by Gasteiger charge is -2.37. The van der Waals surface area contributed by atoms with Crippen LogP contribution in [0.3, 0.4) is 0 Å². The number of halogens is 2. The van der Waals surface area contributed by atoms with Gasteiger partial charge in [-0.15, -0.1) is 0 Å². The van der Waals surface area contributed by atoms with Crippen molar-refractivity contribution >= 4 is 17.4 Å². The van der Waals surface area contributed by atoms with Gasteiger partial charge in [-0.1, -0.05) is 24.3 Å². The van der Waals surface area contributed by atoms with Crippen molar-refractivity contribution in [2.45, 2.75) is 19.6 Å². The summed E-state index contributed by atoms with van der Waals surface area (Å²) in [4.78, 5) is 6.61. The molecule has 3 aliphatic heterocycles. The van der Waals surface area contributed by atoms with Gasteiger partial charge in [0.1, 0.15) is 30.0 Å². The first-order valence-electron chi connectivity index (χ1n) is 12.4. The summed E-state index contributed by atoms with van der Waals surface area (Å²) in [6, 6.07) is 18.8. The summed E-state index contributed by atoms with van der Waals surface area (Å²) in [6.07, 6.45) is 1.55. The largest absolute Gasteiger partial charge is 0.492 e. The van der Waals surface area contributed by atoms with Crippen molar-refractivity contribution in [2.24, 2.45) is 10.9 Å². The highest BCUT2D eigenvalue weighted by Gasteiger charge is 2.31. The van der Waals surface area contributed by atoms with Crippen LogP contribution < -0.4 is 9.47 Å². The molecule has 184 valence electrons. The summed E-state index contributed by atoms with van der Waals surface area (Å²) in [5, 5.41) is 0. The van der Waals surface area contributed by atoms with Crippen LogP contribution in [0.5, 0.6) is 11.5 Å². The first kappa shape index (κ1) is 22.9. The molecular weight excluding hydrogens is 458 g/mol. The van der Waals surface area contributed by atoms with Gasteiger partial charge in [-0.2, -0.15) is 0 Å². The lowest BCUT2D eigenvalue weighted by molar-refractivity contribution is 0.0668. The van der Waals surface area contributed by atoms with E-state index in [9.17, 15) is 8.78 Å². The Labute approximate surface area is 209 Å². The minimum Gasteiger partial charge on any atom is -0.492 e. The van der Waals surface area contributed by atoms with Crippen LogP contribution in [0.4, 0.5) is 8.78 Å². The van der Waals surface area contributed by atoms with E-state index in [4.69, 9.17) is 9.47 Å². The monoisotopic (exact) mass is 486 g/mol. The van der Waals surface area contributed by atoms with Gasteiger partial charge in [-0.25, -0.2) is 4.39 Å². The van der Waals surface area contributed by atoms with Gasteiger partial charge in [-0.3, -0.25) is 14.3 Å². The molecule has 6 heteroatoms. The predicted molar refractivity (Wildman–Crippen MR) is 138 cm³/mol. The van der Waals surface area contributed by atoms with Crippen molar-refractivity contribution < 1.29 is 18.3 Å². The number of hydrogen-bond acceptors (Lipinski definition) is 4. The highest BCUT2D eigenvalue weighted by Crippen LogP contribution is 2.47. The van der Waals surface area contributed by atoms with Gasteiger partial charge in [-0.05, 0) is 65.6 Å². The van der Waals surface area contributed by atoms with E-state index in [1.165, 1.54) is 17.7 Å². The molecule has 0 spiro atoms. The molecular formula is C30H28F2N2O2. The van der Waals surface area contributed by atoms with Crippen molar-refractivity contribution in [3.05, 3.63) is 94.3 Å². The summed E-state index contributed by atoms with van der Waals surface area (Å²) in [7, 11) is 0. The molecule has 4 nitrogen and oxygen atoms in total. The van der Waals surface area contributed by atoms with Crippen molar-refractivity contribution in [3.8, 4) is 11.5 Å². The second-order valence-electron chi connectivity index (χ2n) is 9.76. The molecule has 0 aromatic heterocycles. The summed E-state index contributed by atoms with van der Waals surface area (Å²) in [5.41, 5.74) is 7.40. The molecule has 0 saturated carbocycles. The number of hydrogen-bond donors (Lipinski definition) is 0. The first-order chi connectivity index (χ1) is 17.6. The average Bonchev–Trinajstić information content (AvgIpc) is 3.33. The molecule has 3 aromatic carbocycles. The molecule has 36 heavy (non-hydrogen) atoms. The molecule has 1 unspecified atom stereocenters. The topological polar surface area (TPSA) is 34.1 Å². The number of ether oxygens (including phenoxy) is 2. The molecule has 1 fully saturated rings. The second kappa shape index (κ2) is 9.51. The van der Waals surface area contributed by atoms with Gasteiger partial charge >= 0.3 is 0 Å². The summed E-state index contributed by atoms with van der Waals surface area (Å²) < 4.78 is 38.9. The van der Waals surface area contributed by atoms with Crippen molar-refractivity contribution in [1.29, 1.82) is 0 Å². The predicted octanol–water partition coefficient (Wildman–Crippen LogP) is 6.10. The minimum absolute atomic E-state index is 0.185. The van der Waals surface area contributed by atoms with Crippen LogP contribution in [0, 0.1) is 11.7 Å². The normalized spacial score (nSPS) is 19.0. The van der Waals surface area contributed by atoms with Crippen LogP contribution in [0.15, 0.2) is 65.7 Å². The zero-order valence-corrected chi connectivity index (χ0v) is 20.2. The van der Waals surface area contributed by atoms with Gasteiger partial charge < -0.3 is 9.47 Å². The smallest absolute Gasteiger partial charge is 0.150 e. The van der Waals surface area contributed by atoms with Gasteiger partial charge in [0, 0.05) is 48.5 Å². The van der Waals surface area contributed by atoms with Crippen LogP contribution in [0.2, 0.25) is 0 Å². The maximum atomic E-state index is 13.7. The molecule has 3 heterocycles. The Balaban J connectivity index is 1.27. The van der Waals surface area contributed by atoms with Gasteiger partial charge in [0.05, 0.1) is 13.2 Å². The van der Waals surface area contributed by atoms with E-state index >= 15 is 0 Å². The fourth-order valence-electron chi connectivity index (χ4n) is 5.28. The minimum atomic E-state index is -0.341. The number of benzene rings is 3. The van der Waals surface area contributed by atoms with Crippen LogP contribution in [-0.2, 0) is 6.54 Å².